The molecule has 0 spiro atoms. The van der Waals surface area contributed by atoms with Gasteiger partial charge in [0.1, 0.15) is 17.3 Å². The van der Waals surface area contributed by atoms with Crippen molar-refractivity contribution in [3.63, 3.8) is 0 Å². The average molecular weight is 624 g/mol. The molecule has 238 valence electrons. The number of primary amides is 1. The number of amides is 1. The SMILES string of the molecule is NC(=O)C[C@H](c1ccccc1OCCc1ccc2c(c1)CCO2)c1oc(CN2C[C@@H]3C[C@@H](C2)c2cccc(=O)n2C3)cc(=O)c1O. The van der Waals surface area contributed by atoms with Crippen molar-refractivity contribution in [2.24, 2.45) is 11.7 Å². The van der Waals surface area contributed by atoms with Crippen LogP contribution in [0.1, 0.15) is 58.6 Å². The lowest BCUT2D eigenvalue weighted by atomic mass is 9.83. The van der Waals surface area contributed by atoms with Crippen molar-refractivity contribution in [1.29, 1.82) is 0 Å². The number of nitrogens with zero attached hydrogens (tertiary/aromatic N) is 2. The highest BCUT2D eigenvalue weighted by molar-refractivity contribution is 5.75. The lowest BCUT2D eigenvalue weighted by molar-refractivity contribution is -0.118. The molecule has 10 nitrogen and oxygen atoms in total. The van der Waals surface area contributed by atoms with Crippen LogP contribution in [0.25, 0.3) is 0 Å². The minimum Gasteiger partial charge on any atom is -0.502 e. The zero-order valence-corrected chi connectivity index (χ0v) is 25.5. The van der Waals surface area contributed by atoms with Crippen LogP contribution in [-0.4, -0.2) is 46.8 Å². The maximum absolute atomic E-state index is 13.1. The van der Waals surface area contributed by atoms with Crippen LogP contribution < -0.4 is 26.2 Å². The minimum atomic E-state index is -0.835. The van der Waals surface area contributed by atoms with Gasteiger partial charge in [0.25, 0.3) is 5.56 Å². The number of hydrogen-bond donors (Lipinski definition) is 2. The second-order valence-electron chi connectivity index (χ2n) is 12.6. The summed E-state index contributed by atoms with van der Waals surface area (Å²) in [5.41, 5.74) is 9.08. The summed E-state index contributed by atoms with van der Waals surface area (Å²) in [4.78, 5) is 40.1. The van der Waals surface area contributed by atoms with Crippen molar-refractivity contribution in [3.8, 4) is 17.2 Å². The van der Waals surface area contributed by atoms with E-state index in [0.717, 1.165) is 36.4 Å². The monoisotopic (exact) mass is 623 g/mol. The molecular weight excluding hydrogens is 586 g/mol. The molecule has 2 aromatic carbocycles. The molecule has 1 amide bonds. The van der Waals surface area contributed by atoms with Crippen molar-refractivity contribution in [2.75, 3.05) is 26.3 Å². The van der Waals surface area contributed by atoms with Gasteiger partial charge >= 0.3 is 0 Å². The minimum absolute atomic E-state index is 0.00919. The first-order valence-corrected chi connectivity index (χ1v) is 15.8. The fourth-order valence-electron chi connectivity index (χ4n) is 7.33. The number of para-hydroxylation sites is 1. The Morgan fingerprint density at radius 3 is 2.78 bits per heavy atom. The van der Waals surface area contributed by atoms with Crippen LogP contribution in [0.3, 0.4) is 0 Å². The molecule has 3 aliphatic heterocycles. The highest BCUT2D eigenvalue weighted by Gasteiger charge is 2.35. The van der Waals surface area contributed by atoms with Gasteiger partial charge in [-0.1, -0.05) is 36.4 Å². The van der Waals surface area contributed by atoms with Gasteiger partial charge < -0.3 is 29.3 Å². The predicted molar refractivity (Wildman–Crippen MR) is 170 cm³/mol. The number of aromatic nitrogens is 1. The van der Waals surface area contributed by atoms with E-state index in [1.54, 1.807) is 18.2 Å². The highest BCUT2D eigenvalue weighted by atomic mass is 16.5. The van der Waals surface area contributed by atoms with E-state index >= 15 is 0 Å². The molecule has 1 fully saturated rings. The van der Waals surface area contributed by atoms with Crippen LogP contribution >= 0.6 is 0 Å². The number of fused-ring (bicyclic) bond motifs is 5. The van der Waals surface area contributed by atoms with Crippen molar-refractivity contribution in [1.82, 2.24) is 9.47 Å². The van der Waals surface area contributed by atoms with Crippen molar-refractivity contribution in [2.45, 2.75) is 50.6 Å². The van der Waals surface area contributed by atoms with Crippen LogP contribution in [0.5, 0.6) is 17.2 Å². The molecule has 0 aliphatic carbocycles. The van der Waals surface area contributed by atoms with E-state index < -0.39 is 23.0 Å². The smallest absolute Gasteiger partial charge is 0.250 e. The number of aromatic hydroxyl groups is 1. The van der Waals surface area contributed by atoms with Crippen molar-refractivity contribution in [3.05, 3.63) is 121 Å². The molecule has 2 aromatic heterocycles. The normalized spacial score (nSPS) is 19.1. The van der Waals surface area contributed by atoms with E-state index in [1.165, 1.54) is 11.6 Å². The lowest BCUT2D eigenvalue weighted by Crippen LogP contribution is -2.46. The number of hydrogen-bond acceptors (Lipinski definition) is 8. The number of ether oxygens (including phenoxy) is 2. The fourth-order valence-corrected chi connectivity index (χ4v) is 7.33. The van der Waals surface area contributed by atoms with Gasteiger partial charge in [-0.3, -0.25) is 19.3 Å². The molecule has 46 heavy (non-hydrogen) atoms. The Morgan fingerprint density at radius 1 is 1.04 bits per heavy atom. The summed E-state index contributed by atoms with van der Waals surface area (Å²) in [7, 11) is 0. The molecule has 0 saturated carbocycles. The third-order valence-electron chi connectivity index (χ3n) is 9.35. The summed E-state index contributed by atoms with van der Waals surface area (Å²) in [6.07, 6.45) is 2.37. The number of nitrogens with two attached hydrogens (primary N) is 1. The summed E-state index contributed by atoms with van der Waals surface area (Å²) in [5.74, 6) is 0.327. The van der Waals surface area contributed by atoms with Gasteiger partial charge in [0.15, 0.2) is 5.76 Å². The Kier molecular flexibility index (Phi) is 8.12. The molecule has 3 atom stereocenters. The highest BCUT2D eigenvalue weighted by Crippen LogP contribution is 2.39. The molecule has 2 bridgehead atoms. The molecule has 3 N–H and O–H groups in total. The molecule has 5 heterocycles. The van der Waals surface area contributed by atoms with Gasteiger partial charge in [0.05, 0.1) is 25.7 Å². The van der Waals surface area contributed by atoms with Gasteiger partial charge in [-0.05, 0) is 41.7 Å². The fraction of sp³-hybridized carbons (Fsp3) is 0.361. The first-order valence-electron chi connectivity index (χ1n) is 15.8. The number of piperidine rings is 1. The van der Waals surface area contributed by atoms with Crippen LogP contribution in [-0.2, 0) is 30.7 Å². The quantitative estimate of drug-likeness (QED) is 0.273. The zero-order valence-electron chi connectivity index (χ0n) is 25.5. The number of carbonyl (C=O) groups excluding carboxylic acids is 1. The maximum Gasteiger partial charge on any atom is 0.250 e. The van der Waals surface area contributed by atoms with E-state index in [4.69, 9.17) is 19.6 Å². The summed E-state index contributed by atoms with van der Waals surface area (Å²) in [6.45, 7) is 3.53. The van der Waals surface area contributed by atoms with E-state index in [-0.39, 0.29) is 23.7 Å². The largest absolute Gasteiger partial charge is 0.502 e. The second kappa shape index (κ2) is 12.5. The summed E-state index contributed by atoms with van der Waals surface area (Å²) >= 11 is 0. The van der Waals surface area contributed by atoms with E-state index in [9.17, 15) is 19.5 Å². The van der Waals surface area contributed by atoms with Gasteiger partial charge in [-0.2, -0.15) is 0 Å². The summed E-state index contributed by atoms with van der Waals surface area (Å²) < 4.78 is 20.0. The zero-order chi connectivity index (χ0) is 31.8. The molecule has 10 heteroatoms. The molecule has 4 aromatic rings. The predicted octanol–water partition coefficient (Wildman–Crippen LogP) is 3.69. The van der Waals surface area contributed by atoms with Gasteiger partial charge in [0, 0.05) is 68.2 Å². The number of carbonyl (C=O) groups is 1. The van der Waals surface area contributed by atoms with Crippen LogP contribution in [0.4, 0.5) is 0 Å². The van der Waals surface area contributed by atoms with Crippen LogP contribution in [0.15, 0.2) is 80.7 Å². The molecule has 0 unspecified atom stereocenters. The molecule has 7 rings (SSSR count). The summed E-state index contributed by atoms with van der Waals surface area (Å²) in [5, 5.41) is 11.0. The van der Waals surface area contributed by atoms with Crippen LogP contribution in [0.2, 0.25) is 0 Å². The Balaban J connectivity index is 1.13. The maximum atomic E-state index is 13.1. The number of benzene rings is 2. The van der Waals surface area contributed by atoms with Gasteiger partial charge in [-0.15, -0.1) is 0 Å². The third-order valence-corrected chi connectivity index (χ3v) is 9.35. The van der Waals surface area contributed by atoms with Crippen molar-refractivity contribution < 1.29 is 23.8 Å². The molecular formula is C36H37N3O7. The number of pyridine rings is 1. The second-order valence-corrected chi connectivity index (χ2v) is 12.6. The van der Waals surface area contributed by atoms with Crippen molar-refractivity contribution >= 4 is 5.91 Å². The van der Waals surface area contributed by atoms with E-state index in [0.29, 0.717) is 62.3 Å². The molecule has 1 saturated heterocycles. The topological polar surface area (TPSA) is 137 Å². The van der Waals surface area contributed by atoms with E-state index in [2.05, 4.69) is 11.0 Å². The Labute approximate surface area is 266 Å². The third kappa shape index (κ3) is 6.04. The van der Waals surface area contributed by atoms with E-state index in [1.807, 2.05) is 41.0 Å². The van der Waals surface area contributed by atoms with Gasteiger partial charge in [-0.25, -0.2) is 0 Å². The first kappa shape index (κ1) is 29.9. The number of likely N-dealkylation sites (tertiary alicyclic amines) is 1. The molecule has 3 aliphatic rings. The lowest BCUT2D eigenvalue weighted by Gasteiger charge is -2.42. The average Bonchev–Trinajstić information content (AvgIpc) is 3.51. The molecule has 0 radical (unpaired) electrons. The number of rotatable bonds is 10. The Hall–Kier alpha value is -4.83. The van der Waals surface area contributed by atoms with Crippen LogP contribution in [0, 0.1) is 5.92 Å². The van der Waals surface area contributed by atoms with Gasteiger partial charge in [0.2, 0.25) is 17.1 Å². The summed E-state index contributed by atoms with van der Waals surface area (Å²) in [6, 6.07) is 20.1. The Bertz CT molecular complexity index is 1900. The first-order chi connectivity index (χ1) is 22.3. The Morgan fingerprint density at radius 2 is 1.91 bits per heavy atom. The standard InChI is InChI=1S/C36H37N3O7/c37-33(41)17-28(27-4-1-2-6-32(27)45-12-10-22-8-9-31-24(14-22)11-13-44-31)36-35(43)30(40)16-26(46-36)21-38-18-23-15-25(20-38)29-5-3-7-34(42)39(29)19-23/h1-9,14,16,23,25,28,43H,10-13,15,17-21H2,(H2,37,41)/t23-,25-,28+/m0/s1.